The molecule has 0 aromatic heterocycles. The molecular formula is C11H21NO3. The van der Waals surface area contributed by atoms with Crippen molar-refractivity contribution in [2.75, 3.05) is 26.7 Å². The van der Waals surface area contributed by atoms with Crippen LogP contribution in [0.1, 0.15) is 20.3 Å². The van der Waals surface area contributed by atoms with Crippen molar-refractivity contribution in [3.05, 3.63) is 12.2 Å². The Balaban J connectivity index is 3.54. The molecule has 88 valence electrons. The zero-order chi connectivity index (χ0) is 11.7. The van der Waals surface area contributed by atoms with Gasteiger partial charge in [-0.1, -0.05) is 13.0 Å². The van der Waals surface area contributed by atoms with Gasteiger partial charge in [-0.25, -0.2) is 4.79 Å². The van der Waals surface area contributed by atoms with Crippen LogP contribution >= 0.6 is 0 Å². The first kappa shape index (κ1) is 14.1. The molecule has 0 aromatic rings. The third-order valence-corrected chi connectivity index (χ3v) is 2.01. The Kier molecular flexibility index (Phi) is 7.95. The molecular weight excluding hydrogens is 194 g/mol. The molecule has 1 unspecified atom stereocenters. The average Bonchev–Trinajstić information content (AvgIpc) is 2.18. The maximum absolute atomic E-state index is 10.9. The molecule has 4 heteroatoms. The summed E-state index contributed by atoms with van der Waals surface area (Å²) in [6.45, 7) is 5.31. The van der Waals surface area contributed by atoms with Crippen molar-refractivity contribution in [1.82, 2.24) is 4.90 Å². The smallest absolute Gasteiger partial charge is 0.330 e. The van der Waals surface area contributed by atoms with Crippen molar-refractivity contribution in [3.8, 4) is 0 Å². The number of allylic oxidation sites excluding steroid dienone is 1. The van der Waals surface area contributed by atoms with E-state index in [0.717, 1.165) is 6.42 Å². The standard InChI is InChI=1S/C11H21NO3/c1-4-6-11(14)15-8-7-12(3)9-10(13)5-2/h4,6,10,13H,5,7-9H2,1-3H3/b6-4+. The van der Waals surface area contributed by atoms with Gasteiger partial charge in [0.1, 0.15) is 6.61 Å². The highest BCUT2D eigenvalue weighted by molar-refractivity contribution is 5.81. The van der Waals surface area contributed by atoms with Gasteiger partial charge in [0.2, 0.25) is 0 Å². The fourth-order valence-electron chi connectivity index (χ4n) is 1.07. The van der Waals surface area contributed by atoms with Gasteiger partial charge in [-0.15, -0.1) is 0 Å². The predicted molar refractivity (Wildman–Crippen MR) is 59.6 cm³/mol. The van der Waals surface area contributed by atoms with E-state index in [2.05, 4.69) is 0 Å². The van der Waals surface area contributed by atoms with Crippen LogP contribution in [0.3, 0.4) is 0 Å². The summed E-state index contributed by atoms with van der Waals surface area (Å²) in [6.07, 6.45) is 3.47. The lowest BCUT2D eigenvalue weighted by Gasteiger charge is -2.19. The maximum Gasteiger partial charge on any atom is 0.330 e. The Hall–Kier alpha value is -0.870. The van der Waals surface area contributed by atoms with Crippen LogP contribution in [0, 0.1) is 0 Å². The number of aliphatic hydroxyl groups excluding tert-OH is 1. The number of aliphatic hydroxyl groups is 1. The van der Waals surface area contributed by atoms with Gasteiger partial charge in [0.25, 0.3) is 0 Å². The normalized spacial score (nSPS) is 13.4. The Bertz CT molecular complexity index is 204. The summed E-state index contributed by atoms with van der Waals surface area (Å²) >= 11 is 0. The van der Waals surface area contributed by atoms with E-state index >= 15 is 0 Å². The highest BCUT2D eigenvalue weighted by atomic mass is 16.5. The molecule has 0 heterocycles. The van der Waals surface area contributed by atoms with E-state index in [-0.39, 0.29) is 12.1 Å². The van der Waals surface area contributed by atoms with Gasteiger partial charge in [-0.2, -0.15) is 0 Å². The number of carbonyl (C=O) groups excluding carboxylic acids is 1. The molecule has 1 atom stereocenters. The van der Waals surface area contributed by atoms with Crippen molar-refractivity contribution in [1.29, 1.82) is 0 Å². The summed E-state index contributed by atoms with van der Waals surface area (Å²) in [5, 5.41) is 9.36. The Labute approximate surface area is 91.5 Å². The van der Waals surface area contributed by atoms with E-state index in [0.29, 0.717) is 19.7 Å². The number of esters is 1. The van der Waals surface area contributed by atoms with Gasteiger partial charge in [-0.05, 0) is 20.4 Å². The molecule has 0 saturated carbocycles. The van der Waals surface area contributed by atoms with E-state index in [1.807, 2.05) is 18.9 Å². The Morgan fingerprint density at radius 1 is 1.60 bits per heavy atom. The second-order valence-electron chi connectivity index (χ2n) is 3.49. The van der Waals surface area contributed by atoms with Gasteiger partial charge < -0.3 is 14.7 Å². The summed E-state index contributed by atoms with van der Waals surface area (Å²) in [4.78, 5) is 12.9. The quantitative estimate of drug-likeness (QED) is 0.504. The van der Waals surface area contributed by atoms with Gasteiger partial charge >= 0.3 is 5.97 Å². The first-order chi connectivity index (χ1) is 7.10. The molecule has 0 spiro atoms. The molecule has 0 rings (SSSR count). The average molecular weight is 215 g/mol. The lowest BCUT2D eigenvalue weighted by molar-refractivity contribution is -0.138. The summed E-state index contributed by atoms with van der Waals surface area (Å²) < 4.78 is 4.92. The Morgan fingerprint density at radius 3 is 2.80 bits per heavy atom. The van der Waals surface area contributed by atoms with Crippen molar-refractivity contribution in [2.24, 2.45) is 0 Å². The number of rotatable bonds is 7. The molecule has 15 heavy (non-hydrogen) atoms. The largest absolute Gasteiger partial charge is 0.461 e. The zero-order valence-corrected chi connectivity index (χ0v) is 9.77. The topological polar surface area (TPSA) is 49.8 Å². The molecule has 0 aromatic carbocycles. The molecule has 0 aliphatic heterocycles. The minimum Gasteiger partial charge on any atom is -0.461 e. The molecule has 0 aliphatic carbocycles. The zero-order valence-electron chi connectivity index (χ0n) is 9.77. The summed E-state index contributed by atoms with van der Waals surface area (Å²) in [5.74, 6) is -0.318. The first-order valence-electron chi connectivity index (χ1n) is 5.26. The van der Waals surface area contributed by atoms with Crippen LogP contribution in [0.5, 0.6) is 0 Å². The molecule has 0 bridgehead atoms. The van der Waals surface area contributed by atoms with E-state index in [1.165, 1.54) is 6.08 Å². The minimum atomic E-state index is -0.318. The van der Waals surface area contributed by atoms with Gasteiger partial charge in [0, 0.05) is 19.2 Å². The third kappa shape index (κ3) is 8.15. The predicted octanol–water partition coefficient (Wildman–Crippen LogP) is 0.808. The highest BCUT2D eigenvalue weighted by Gasteiger charge is 2.06. The third-order valence-electron chi connectivity index (χ3n) is 2.01. The molecule has 0 saturated heterocycles. The number of hydrogen-bond acceptors (Lipinski definition) is 4. The number of nitrogens with zero attached hydrogens (tertiary/aromatic N) is 1. The summed E-state index contributed by atoms with van der Waals surface area (Å²) in [5.41, 5.74) is 0. The van der Waals surface area contributed by atoms with Crippen LogP contribution in [0.25, 0.3) is 0 Å². The minimum absolute atomic E-state index is 0.304. The van der Waals surface area contributed by atoms with Crippen LogP contribution in [0.4, 0.5) is 0 Å². The van der Waals surface area contributed by atoms with Crippen LogP contribution in [-0.2, 0) is 9.53 Å². The van der Waals surface area contributed by atoms with Crippen LogP contribution in [-0.4, -0.2) is 48.8 Å². The van der Waals surface area contributed by atoms with E-state index < -0.39 is 0 Å². The lowest BCUT2D eigenvalue weighted by Crippen LogP contribution is -2.31. The van der Waals surface area contributed by atoms with E-state index in [9.17, 15) is 9.90 Å². The molecule has 0 radical (unpaired) electrons. The van der Waals surface area contributed by atoms with Crippen molar-refractivity contribution in [3.63, 3.8) is 0 Å². The summed E-state index contributed by atoms with van der Waals surface area (Å²) in [6, 6.07) is 0. The van der Waals surface area contributed by atoms with Crippen LogP contribution in [0.15, 0.2) is 12.2 Å². The van der Waals surface area contributed by atoms with Gasteiger partial charge in [0.05, 0.1) is 6.10 Å². The fraction of sp³-hybridized carbons (Fsp3) is 0.727. The molecule has 0 fully saturated rings. The molecule has 0 amide bonds. The number of carbonyl (C=O) groups is 1. The molecule has 4 nitrogen and oxygen atoms in total. The number of ether oxygens (including phenoxy) is 1. The molecule has 0 aliphatic rings. The van der Waals surface area contributed by atoms with E-state index in [1.54, 1.807) is 13.0 Å². The van der Waals surface area contributed by atoms with Crippen molar-refractivity contribution >= 4 is 5.97 Å². The lowest BCUT2D eigenvalue weighted by atomic mass is 10.2. The summed E-state index contributed by atoms with van der Waals surface area (Å²) in [7, 11) is 1.89. The first-order valence-corrected chi connectivity index (χ1v) is 5.26. The van der Waals surface area contributed by atoms with Crippen molar-refractivity contribution < 1.29 is 14.6 Å². The van der Waals surface area contributed by atoms with Gasteiger partial charge in [-0.3, -0.25) is 0 Å². The fourth-order valence-corrected chi connectivity index (χ4v) is 1.07. The number of hydrogen-bond donors (Lipinski definition) is 1. The number of likely N-dealkylation sites (N-methyl/N-ethyl adjacent to an activating group) is 1. The highest BCUT2D eigenvalue weighted by Crippen LogP contribution is 1.93. The van der Waals surface area contributed by atoms with Crippen molar-refractivity contribution in [2.45, 2.75) is 26.4 Å². The van der Waals surface area contributed by atoms with E-state index in [4.69, 9.17) is 4.74 Å². The molecule has 1 N–H and O–H groups in total. The SMILES string of the molecule is C/C=C/C(=O)OCCN(C)CC(O)CC. The van der Waals surface area contributed by atoms with Crippen LogP contribution in [0.2, 0.25) is 0 Å². The Morgan fingerprint density at radius 2 is 2.27 bits per heavy atom. The second-order valence-corrected chi connectivity index (χ2v) is 3.49. The van der Waals surface area contributed by atoms with Gasteiger partial charge in [0.15, 0.2) is 0 Å². The van der Waals surface area contributed by atoms with Crippen LogP contribution < -0.4 is 0 Å². The second kappa shape index (κ2) is 8.44. The maximum atomic E-state index is 10.9. The monoisotopic (exact) mass is 215 g/mol.